The molecule has 0 spiro atoms. The van der Waals surface area contributed by atoms with Crippen molar-refractivity contribution in [3.63, 3.8) is 0 Å². The van der Waals surface area contributed by atoms with Crippen molar-refractivity contribution in [1.29, 1.82) is 0 Å². The van der Waals surface area contributed by atoms with E-state index >= 15 is 0 Å². The minimum absolute atomic E-state index is 0.539. The van der Waals surface area contributed by atoms with Gasteiger partial charge in [0.05, 0.1) is 0 Å². The van der Waals surface area contributed by atoms with Crippen LogP contribution < -0.4 is 5.32 Å². The molecule has 3 heteroatoms. The number of rotatable bonds is 3. The van der Waals surface area contributed by atoms with Crippen LogP contribution in [0.15, 0.2) is 0 Å². The molecule has 2 saturated heterocycles. The summed E-state index contributed by atoms with van der Waals surface area (Å²) in [5.74, 6) is 0. The molecule has 0 aromatic rings. The van der Waals surface area contributed by atoms with Crippen molar-refractivity contribution in [2.24, 2.45) is 5.41 Å². The SMILES string of the molecule is CC(C)N1CCC(C)(CN2CCNCC2C)CC1. The van der Waals surface area contributed by atoms with Crippen LogP contribution in [0, 0.1) is 5.41 Å². The van der Waals surface area contributed by atoms with E-state index in [0.29, 0.717) is 17.5 Å². The van der Waals surface area contributed by atoms with Crippen molar-refractivity contribution in [3.05, 3.63) is 0 Å². The fourth-order valence-corrected chi connectivity index (χ4v) is 3.35. The molecule has 0 saturated carbocycles. The maximum atomic E-state index is 3.49. The molecule has 2 fully saturated rings. The lowest BCUT2D eigenvalue weighted by molar-refractivity contribution is 0.0416. The van der Waals surface area contributed by atoms with Gasteiger partial charge in [0.25, 0.3) is 0 Å². The molecule has 2 aliphatic rings. The summed E-state index contributed by atoms with van der Waals surface area (Å²) in [5.41, 5.74) is 0.539. The highest BCUT2D eigenvalue weighted by Crippen LogP contribution is 2.33. The van der Waals surface area contributed by atoms with Gasteiger partial charge in [-0.25, -0.2) is 0 Å². The molecule has 0 radical (unpaired) electrons. The largest absolute Gasteiger partial charge is 0.314 e. The predicted molar refractivity (Wildman–Crippen MR) is 78.0 cm³/mol. The molecular formula is C15H31N3. The van der Waals surface area contributed by atoms with Crippen molar-refractivity contribution in [3.8, 4) is 0 Å². The molecule has 106 valence electrons. The van der Waals surface area contributed by atoms with Crippen molar-refractivity contribution >= 4 is 0 Å². The van der Waals surface area contributed by atoms with Crippen LogP contribution in [0.2, 0.25) is 0 Å². The van der Waals surface area contributed by atoms with Crippen molar-refractivity contribution in [2.45, 2.75) is 52.6 Å². The molecule has 2 aliphatic heterocycles. The number of piperidine rings is 1. The number of hydrogen-bond acceptors (Lipinski definition) is 3. The monoisotopic (exact) mass is 253 g/mol. The Kier molecular flexibility index (Phi) is 4.68. The molecule has 1 N–H and O–H groups in total. The lowest BCUT2D eigenvalue weighted by Crippen LogP contribution is -2.54. The number of likely N-dealkylation sites (tertiary alicyclic amines) is 1. The molecule has 0 aromatic carbocycles. The molecule has 18 heavy (non-hydrogen) atoms. The average molecular weight is 253 g/mol. The highest BCUT2D eigenvalue weighted by molar-refractivity contribution is 4.88. The van der Waals surface area contributed by atoms with Crippen LogP contribution in [-0.2, 0) is 0 Å². The molecule has 1 unspecified atom stereocenters. The molecular weight excluding hydrogens is 222 g/mol. The molecule has 2 heterocycles. The topological polar surface area (TPSA) is 18.5 Å². The van der Waals surface area contributed by atoms with Gasteiger partial charge < -0.3 is 10.2 Å². The maximum absolute atomic E-state index is 3.49. The molecule has 0 bridgehead atoms. The van der Waals surface area contributed by atoms with Gasteiger partial charge in [0.1, 0.15) is 0 Å². The zero-order valence-corrected chi connectivity index (χ0v) is 12.7. The van der Waals surface area contributed by atoms with Gasteiger partial charge in [-0.05, 0) is 52.1 Å². The minimum Gasteiger partial charge on any atom is -0.314 e. The van der Waals surface area contributed by atoms with E-state index in [1.807, 2.05) is 0 Å². The van der Waals surface area contributed by atoms with Gasteiger partial charge in [-0.3, -0.25) is 4.90 Å². The Morgan fingerprint density at radius 3 is 2.44 bits per heavy atom. The summed E-state index contributed by atoms with van der Waals surface area (Å²) in [6.07, 6.45) is 2.73. The smallest absolute Gasteiger partial charge is 0.0193 e. The third kappa shape index (κ3) is 3.46. The average Bonchev–Trinajstić information content (AvgIpc) is 2.32. The van der Waals surface area contributed by atoms with Gasteiger partial charge in [0.15, 0.2) is 0 Å². The van der Waals surface area contributed by atoms with Crippen LogP contribution in [0.5, 0.6) is 0 Å². The highest BCUT2D eigenvalue weighted by atomic mass is 15.2. The Labute approximate surface area is 113 Å². The molecule has 0 amide bonds. The maximum Gasteiger partial charge on any atom is 0.0193 e. The number of nitrogens with zero attached hydrogens (tertiary/aromatic N) is 2. The van der Waals surface area contributed by atoms with E-state index in [0.717, 1.165) is 6.54 Å². The van der Waals surface area contributed by atoms with Crippen molar-refractivity contribution in [1.82, 2.24) is 15.1 Å². The number of hydrogen-bond donors (Lipinski definition) is 1. The standard InChI is InChI=1S/C15H31N3/c1-13(2)17-8-5-15(4,6-9-17)12-18-10-7-16-11-14(18)3/h13-14,16H,5-12H2,1-4H3. The highest BCUT2D eigenvalue weighted by Gasteiger charge is 2.34. The second kappa shape index (κ2) is 5.89. The van der Waals surface area contributed by atoms with Crippen LogP contribution in [-0.4, -0.2) is 61.2 Å². The Bertz CT molecular complexity index is 256. The van der Waals surface area contributed by atoms with Crippen LogP contribution in [0.1, 0.15) is 40.5 Å². The second-order valence-electron chi connectivity index (χ2n) is 6.96. The molecule has 2 rings (SSSR count). The first-order valence-corrected chi connectivity index (χ1v) is 7.69. The molecule has 0 aromatic heterocycles. The van der Waals surface area contributed by atoms with E-state index in [-0.39, 0.29) is 0 Å². The summed E-state index contributed by atoms with van der Waals surface area (Å²) in [4.78, 5) is 5.32. The van der Waals surface area contributed by atoms with E-state index < -0.39 is 0 Å². The fourth-order valence-electron chi connectivity index (χ4n) is 3.35. The lowest BCUT2D eigenvalue weighted by atomic mass is 9.79. The third-order valence-electron chi connectivity index (χ3n) is 4.96. The van der Waals surface area contributed by atoms with Gasteiger partial charge in [-0.15, -0.1) is 0 Å². The normalized spacial score (nSPS) is 30.8. The van der Waals surface area contributed by atoms with Crippen LogP contribution in [0.4, 0.5) is 0 Å². The van der Waals surface area contributed by atoms with Crippen LogP contribution >= 0.6 is 0 Å². The van der Waals surface area contributed by atoms with E-state index in [2.05, 4.69) is 42.8 Å². The fraction of sp³-hybridized carbons (Fsp3) is 1.00. The van der Waals surface area contributed by atoms with Crippen LogP contribution in [0.25, 0.3) is 0 Å². The first-order valence-electron chi connectivity index (χ1n) is 7.69. The number of nitrogens with one attached hydrogen (secondary N) is 1. The number of piperazine rings is 1. The van der Waals surface area contributed by atoms with Crippen LogP contribution in [0.3, 0.4) is 0 Å². The summed E-state index contributed by atoms with van der Waals surface area (Å²) in [7, 11) is 0. The summed E-state index contributed by atoms with van der Waals surface area (Å²) in [6, 6.07) is 1.42. The Morgan fingerprint density at radius 2 is 1.89 bits per heavy atom. The lowest BCUT2D eigenvalue weighted by Gasteiger charge is -2.46. The van der Waals surface area contributed by atoms with E-state index in [9.17, 15) is 0 Å². The van der Waals surface area contributed by atoms with Crippen molar-refractivity contribution in [2.75, 3.05) is 39.3 Å². The molecule has 1 atom stereocenters. The second-order valence-corrected chi connectivity index (χ2v) is 6.96. The quantitative estimate of drug-likeness (QED) is 0.827. The van der Waals surface area contributed by atoms with Gasteiger partial charge in [0, 0.05) is 38.3 Å². The van der Waals surface area contributed by atoms with Crippen molar-refractivity contribution < 1.29 is 0 Å². The van der Waals surface area contributed by atoms with E-state index in [4.69, 9.17) is 0 Å². The minimum atomic E-state index is 0.539. The zero-order valence-electron chi connectivity index (χ0n) is 12.7. The predicted octanol–water partition coefficient (Wildman–Crippen LogP) is 1.79. The molecule has 3 nitrogen and oxygen atoms in total. The van der Waals surface area contributed by atoms with E-state index in [1.54, 1.807) is 0 Å². The summed E-state index contributed by atoms with van der Waals surface area (Å²) >= 11 is 0. The Balaban J connectivity index is 1.85. The van der Waals surface area contributed by atoms with Gasteiger partial charge >= 0.3 is 0 Å². The third-order valence-corrected chi connectivity index (χ3v) is 4.96. The van der Waals surface area contributed by atoms with Gasteiger partial charge in [-0.2, -0.15) is 0 Å². The Hall–Kier alpha value is -0.120. The summed E-state index contributed by atoms with van der Waals surface area (Å²) in [5, 5.41) is 3.49. The first kappa shape index (κ1) is 14.3. The summed E-state index contributed by atoms with van der Waals surface area (Å²) in [6.45, 7) is 16.9. The van der Waals surface area contributed by atoms with E-state index in [1.165, 1.54) is 45.6 Å². The summed E-state index contributed by atoms with van der Waals surface area (Å²) < 4.78 is 0. The molecule has 0 aliphatic carbocycles. The van der Waals surface area contributed by atoms with Gasteiger partial charge in [-0.1, -0.05) is 6.92 Å². The Morgan fingerprint density at radius 1 is 1.22 bits per heavy atom. The first-order chi connectivity index (χ1) is 8.50. The van der Waals surface area contributed by atoms with Gasteiger partial charge in [0.2, 0.25) is 0 Å². The zero-order chi connectivity index (χ0) is 13.2.